The maximum atomic E-state index is 12.8. The lowest BCUT2D eigenvalue weighted by molar-refractivity contribution is 0.243. The number of piperidine rings is 1. The molecule has 2 atom stereocenters. The summed E-state index contributed by atoms with van der Waals surface area (Å²) >= 11 is 0. The standard InChI is InChI=1S/C15H21N3O2S/c1-11-5-3-7-15(14(11)9-16)21(19,20)18-8-4-6-13(10-18)12(2)17/h3,5,7,12-13H,4,6,8,10,17H2,1-2H3/t12-,13+/m1/s1. The Bertz CT molecular complexity index is 662. The second-order valence-corrected chi connectivity index (χ2v) is 7.59. The fraction of sp³-hybridized carbons (Fsp3) is 0.533. The summed E-state index contributed by atoms with van der Waals surface area (Å²) in [4.78, 5) is 0.107. The van der Waals surface area contributed by atoms with Crippen LogP contribution in [0.3, 0.4) is 0 Å². The zero-order valence-corrected chi connectivity index (χ0v) is 13.2. The second kappa shape index (κ2) is 6.14. The lowest BCUT2D eigenvalue weighted by atomic mass is 9.93. The van der Waals surface area contributed by atoms with Gasteiger partial charge in [-0.3, -0.25) is 0 Å². The zero-order chi connectivity index (χ0) is 15.6. The smallest absolute Gasteiger partial charge is 0.244 e. The number of benzene rings is 1. The van der Waals surface area contributed by atoms with Crippen molar-refractivity contribution >= 4 is 10.0 Å². The highest BCUT2D eigenvalue weighted by Crippen LogP contribution is 2.27. The Morgan fingerprint density at radius 3 is 2.81 bits per heavy atom. The van der Waals surface area contributed by atoms with Gasteiger partial charge in [-0.15, -0.1) is 0 Å². The van der Waals surface area contributed by atoms with Crippen molar-refractivity contribution in [2.75, 3.05) is 13.1 Å². The van der Waals surface area contributed by atoms with Gasteiger partial charge in [-0.05, 0) is 44.2 Å². The first-order chi connectivity index (χ1) is 9.87. The van der Waals surface area contributed by atoms with Crippen LogP contribution in [-0.2, 0) is 10.0 Å². The highest BCUT2D eigenvalue weighted by atomic mass is 32.2. The van der Waals surface area contributed by atoms with Crippen LogP contribution in [-0.4, -0.2) is 31.9 Å². The average molecular weight is 307 g/mol. The first-order valence-electron chi connectivity index (χ1n) is 7.13. The quantitative estimate of drug-likeness (QED) is 0.919. The Morgan fingerprint density at radius 1 is 1.48 bits per heavy atom. The lowest BCUT2D eigenvalue weighted by Crippen LogP contribution is -2.45. The predicted molar refractivity (Wildman–Crippen MR) is 81.0 cm³/mol. The lowest BCUT2D eigenvalue weighted by Gasteiger charge is -2.34. The third kappa shape index (κ3) is 3.10. The van der Waals surface area contributed by atoms with Crippen molar-refractivity contribution in [2.24, 2.45) is 11.7 Å². The molecule has 0 aliphatic carbocycles. The van der Waals surface area contributed by atoms with E-state index >= 15 is 0 Å². The maximum Gasteiger partial charge on any atom is 0.244 e. The van der Waals surface area contributed by atoms with Crippen molar-refractivity contribution in [3.05, 3.63) is 29.3 Å². The number of hydrogen-bond acceptors (Lipinski definition) is 4. The fourth-order valence-electron chi connectivity index (χ4n) is 2.76. The van der Waals surface area contributed by atoms with Crippen LogP contribution in [0.25, 0.3) is 0 Å². The Hall–Kier alpha value is -1.42. The third-order valence-corrected chi connectivity index (χ3v) is 6.04. The van der Waals surface area contributed by atoms with E-state index in [2.05, 4.69) is 0 Å². The van der Waals surface area contributed by atoms with Crippen LogP contribution >= 0.6 is 0 Å². The van der Waals surface area contributed by atoms with Crippen LogP contribution < -0.4 is 5.73 Å². The molecular weight excluding hydrogens is 286 g/mol. The summed E-state index contributed by atoms with van der Waals surface area (Å²) in [5.41, 5.74) is 6.83. The first kappa shape index (κ1) is 16.0. The van der Waals surface area contributed by atoms with Crippen molar-refractivity contribution in [1.29, 1.82) is 5.26 Å². The van der Waals surface area contributed by atoms with Crippen molar-refractivity contribution in [2.45, 2.75) is 37.6 Å². The molecule has 1 aliphatic heterocycles. The molecule has 2 rings (SSSR count). The van der Waals surface area contributed by atoms with Crippen LogP contribution in [0.15, 0.2) is 23.1 Å². The molecule has 0 spiro atoms. The van der Waals surface area contributed by atoms with Crippen molar-refractivity contribution in [1.82, 2.24) is 4.31 Å². The monoisotopic (exact) mass is 307 g/mol. The summed E-state index contributed by atoms with van der Waals surface area (Å²) in [5.74, 6) is 0.170. The van der Waals surface area contributed by atoms with Gasteiger partial charge in [0.1, 0.15) is 11.0 Å². The highest BCUT2D eigenvalue weighted by Gasteiger charge is 2.33. The largest absolute Gasteiger partial charge is 0.328 e. The maximum absolute atomic E-state index is 12.8. The molecule has 21 heavy (non-hydrogen) atoms. The summed E-state index contributed by atoms with van der Waals surface area (Å²) in [5, 5.41) is 9.25. The molecule has 0 amide bonds. The Labute approximate surface area is 126 Å². The number of sulfonamides is 1. The van der Waals surface area contributed by atoms with Gasteiger partial charge >= 0.3 is 0 Å². The van der Waals surface area contributed by atoms with Crippen molar-refractivity contribution < 1.29 is 8.42 Å². The molecule has 0 aromatic heterocycles. The fourth-order valence-corrected chi connectivity index (χ4v) is 4.51. The van der Waals surface area contributed by atoms with Crippen molar-refractivity contribution in [3.63, 3.8) is 0 Å². The van der Waals surface area contributed by atoms with E-state index < -0.39 is 10.0 Å². The Morgan fingerprint density at radius 2 is 2.19 bits per heavy atom. The first-order valence-corrected chi connectivity index (χ1v) is 8.57. The van der Waals surface area contributed by atoms with Gasteiger partial charge in [0.05, 0.1) is 5.56 Å². The van der Waals surface area contributed by atoms with Crippen LogP contribution in [0.2, 0.25) is 0 Å². The third-order valence-electron chi connectivity index (χ3n) is 4.13. The van der Waals surface area contributed by atoms with Gasteiger partial charge in [0.2, 0.25) is 10.0 Å². The van der Waals surface area contributed by atoms with E-state index in [1.165, 1.54) is 10.4 Å². The van der Waals surface area contributed by atoms with Crippen LogP contribution in [0.4, 0.5) is 0 Å². The number of nitrogens with zero attached hydrogens (tertiary/aromatic N) is 2. The molecule has 2 N–H and O–H groups in total. The number of nitriles is 1. The minimum atomic E-state index is -3.64. The summed E-state index contributed by atoms with van der Waals surface area (Å²) in [6.07, 6.45) is 1.75. The van der Waals surface area contributed by atoms with Gasteiger partial charge in [0.15, 0.2) is 0 Å². The molecule has 1 aliphatic rings. The molecule has 5 nitrogen and oxygen atoms in total. The second-order valence-electron chi connectivity index (χ2n) is 5.68. The van der Waals surface area contributed by atoms with E-state index in [0.29, 0.717) is 18.7 Å². The molecule has 0 unspecified atom stereocenters. The minimum Gasteiger partial charge on any atom is -0.328 e. The molecular formula is C15H21N3O2S. The van der Waals surface area contributed by atoms with E-state index in [9.17, 15) is 13.7 Å². The molecule has 0 saturated carbocycles. The number of rotatable bonds is 3. The van der Waals surface area contributed by atoms with E-state index in [4.69, 9.17) is 5.73 Å². The summed E-state index contributed by atoms with van der Waals surface area (Å²) in [7, 11) is -3.64. The molecule has 1 fully saturated rings. The average Bonchev–Trinajstić information content (AvgIpc) is 2.47. The number of hydrogen-bond donors (Lipinski definition) is 1. The molecule has 0 bridgehead atoms. The molecule has 114 valence electrons. The minimum absolute atomic E-state index is 0.0315. The van der Waals surface area contributed by atoms with Crippen LogP contribution in [0, 0.1) is 24.2 Å². The molecule has 1 aromatic carbocycles. The molecule has 1 aromatic rings. The molecule has 1 heterocycles. The van der Waals surface area contributed by atoms with Gasteiger partial charge in [-0.2, -0.15) is 9.57 Å². The number of nitrogens with two attached hydrogens (primary N) is 1. The van der Waals surface area contributed by atoms with E-state index in [-0.39, 0.29) is 22.4 Å². The molecule has 0 radical (unpaired) electrons. The molecule has 6 heteroatoms. The van der Waals surface area contributed by atoms with Crippen molar-refractivity contribution in [3.8, 4) is 6.07 Å². The Kier molecular flexibility index (Phi) is 4.67. The van der Waals surface area contributed by atoms with E-state index in [1.54, 1.807) is 19.1 Å². The summed E-state index contributed by atoms with van der Waals surface area (Å²) < 4.78 is 27.1. The zero-order valence-electron chi connectivity index (χ0n) is 12.4. The highest BCUT2D eigenvalue weighted by molar-refractivity contribution is 7.89. The summed E-state index contributed by atoms with van der Waals surface area (Å²) in [6, 6.07) is 6.92. The summed E-state index contributed by atoms with van der Waals surface area (Å²) in [6.45, 7) is 4.58. The van der Waals surface area contributed by atoms with Gasteiger partial charge in [0.25, 0.3) is 0 Å². The Balaban J connectivity index is 2.39. The molecule has 1 saturated heterocycles. The topological polar surface area (TPSA) is 87.2 Å². The van der Waals surface area contributed by atoms with Gasteiger partial charge in [-0.1, -0.05) is 12.1 Å². The normalized spacial score (nSPS) is 21.7. The van der Waals surface area contributed by atoms with Gasteiger partial charge in [0, 0.05) is 19.1 Å². The van der Waals surface area contributed by atoms with Gasteiger partial charge < -0.3 is 5.73 Å². The van der Waals surface area contributed by atoms with Gasteiger partial charge in [-0.25, -0.2) is 8.42 Å². The SMILES string of the molecule is Cc1cccc(S(=O)(=O)N2CCC[C@H]([C@@H](C)N)C2)c1C#N. The van der Waals surface area contributed by atoms with Crippen LogP contribution in [0.5, 0.6) is 0 Å². The van der Waals surface area contributed by atoms with E-state index in [1.807, 2.05) is 13.0 Å². The van der Waals surface area contributed by atoms with E-state index in [0.717, 1.165) is 12.8 Å². The predicted octanol–water partition coefficient (Wildman–Crippen LogP) is 1.61. The van der Waals surface area contributed by atoms with Crippen LogP contribution in [0.1, 0.15) is 30.9 Å². The number of aryl methyl sites for hydroxylation is 1.